The summed E-state index contributed by atoms with van der Waals surface area (Å²) in [5, 5.41) is 2.75. The first-order valence-corrected chi connectivity index (χ1v) is 8.90. The molecule has 1 N–H and O–H groups in total. The SMILES string of the molecule is CCCC(CC(=O)NCC(=O)N1CCCCC1)c1ccc(F)cc1. The molecule has 1 aliphatic heterocycles. The third-order valence-electron chi connectivity index (χ3n) is 4.56. The van der Waals surface area contributed by atoms with Gasteiger partial charge in [0.1, 0.15) is 5.82 Å². The molecule has 0 aliphatic carbocycles. The number of hydrogen-bond acceptors (Lipinski definition) is 2. The van der Waals surface area contributed by atoms with E-state index in [0.717, 1.165) is 44.3 Å². The highest BCUT2D eigenvalue weighted by molar-refractivity contribution is 5.85. The van der Waals surface area contributed by atoms with E-state index in [0.29, 0.717) is 6.42 Å². The number of amides is 2. The molecular formula is C19H27FN2O2. The van der Waals surface area contributed by atoms with Gasteiger partial charge in [-0.15, -0.1) is 0 Å². The van der Waals surface area contributed by atoms with Gasteiger partial charge in [0.2, 0.25) is 11.8 Å². The van der Waals surface area contributed by atoms with E-state index in [-0.39, 0.29) is 30.1 Å². The summed E-state index contributed by atoms with van der Waals surface area (Å²) in [5.74, 6) is -0.341. The summed E-state index contributed by atoms with van der Waals surface area (Å²) in [6.45, 7) is 3.72. The molecular weight excluding hydrogens is 307 g/mol. The lowest BCUT2D eigenvalue weighted by Gasteiger charge is -2.26. The minimum Gasteiger partial charge on any atom is -0.347 e. The Hall–Kier alpha value is -1.91. The van der Waals surface area contributed by atoms with E-state index >= 15 is 0 Å². The normalized spacial score (nSPS) is 15.8. The highest BCUT2D eigenvalue weighted by atomic mass is 19.1. The van der Waals surface area contributed by atoms with Crippen molar-refractivity contribution < 1.29 is 14.0 Å². The van der Waals surface area contributed by atoms with Gasteiger partial charge in [0, 0.05) is 19.5 Å². The fraction of sp³-hybridized carbons (Fsp3) is 0.579. The van der Waals surface area contributed by atoms with Crippen molar-refractivity contribution in [2.24, 2.45) is 0 Å². The van der Waals surface area contributed by atoms with Gasteiger partial charge in [-0.1, -0.05) is 25.5 Å². The lowest BCUT2D eigenvalue weighted by Crippen LogP contribution is -2.42. The van der Waals surface area contributed by atoms with Crippen molar-refractivity contribution in [1.82, 2.24) is 10.2 Å². The maximum absolute atomic E-state index is 13.1. The van der Waals surface area contributed by atoms with E-state index < -0.39 is 0 Å². The Morgan fingerprint density at radius 3 is 2.46 bits per heavy atom. The molecule has 0 saturated carbocycles. The van der Waals surface area contributed by atoms with Gasteiger partial charge >= 0.3 is 0 Å². The Kier molecular flexibility index (Phi) is 7.22. The third-order valence-corrected chi connectivity index (χ3v) is 4.56. The molecule has 0 spiro atoms. The number of halogens is 1. The molecule has 1 atom stereocenters. The average Bonchev–Trinajstić information content (AvgIpc) is 2.61. The van der Waals surface area contributed by atoms with E-state index in [9.17, 15) is 14.0 Å². The van der Waals surface area contributed by atoms with Gasteiger partial charge in [0.05, 0.1) is 6.54 Å². The highest BCUT2D eigenvalue weighted by Crippen LogP contribution is 2.25. The monoisotopic (exact) mass is 334 g/mol. The van der Waals surface area contributed by atoms with Crippen LogP contribution in [0.25, 0.3) is 0 Å². The van der Waals surface area contributed by atoms with Crippen LogP contribution in [0.15, 0.2) is 24.3 Å². The number of carbonyl (C=O) groups is 2. The number of carbonyl (C=O) groups excluding carboxylic acids is 2. The number of rotatable bonds is 7. The van der Waals surface area contributed by atoms with Crippen LogP contribution in [0.1, 0.15) is 56.9 Å². The molecule has 0 aromatic heterocycles. The smallest absolute Gasteiger partial charge is 0.241 e. The Bertz CT molecular complexity index is 539. The zero-order valence-corrected chi connectivity index (χ0v) is 14.4. The predicted octanol–water partition coefficient (Wildman–Crippen LogP) is 3.23. The first-order valence-electron chi connectivity index (χ1n) is 8.90. The summed E-state index contributed by atoms with van der Waals surface area (Å²) >= 11 is 0. The summed E-state index contributed by atoms with van der Waals surface area (Å²) in [7, 11) is 0. The molecule has 1 heterocycles. The van der Waals surface area contributed by atoms with Gasteiger partial charge in [0.25, 0.3) is 0 Å². The van der Waals surface area contributed by atoms with Crippen LogP contribution in [0.5, 0.6) is 0 Å². The van der Waals surface area contributed by atoms with Crippen LogP contribution in [0.2, 0.25) is 0 Å². The molecule has 2 amide bonds. The molecule has 1 unspecified atom stereocenters. The van der Waals surface area contributed by atoms with Gasteiger partial charge in [-0.05, 0) is 49.3 Å². The van der Waals surface area contributed by atoms with E-state index in [4.69, 9.17) is 0 Å². The molecule has 1 aliphatic rings. The quantitative estimate of drug-likeness (QED) is 0.832. The van der Waals surface area contributed by atoms with Crippen LogP contribution < -0.4 is 5.32 Å². The van der Waals surface area contributed by atoms with Crippen molar-refractivity contribution in [3.05, 3.63) is 35.6 Å². The fourth-order valence-corrected chi connectivity index (χ4v) is 3.20. The minimum absolute atomic E-state index is 0.00289. The van der Waals surface area contributed by atoms with Crippen LogP contribution in [-0.4, -0.2) is 36.3 Å². The molecule has 1 aromatic carbocycles. The highest BCUT2D eigenvalue weighted by Gasteiger charge is 2.19. The first-order chi connectivity index (χ1) is 11.6. The van der Waals surface area contributed by atoms with Gasteiger partial charge in [0.15, 0.2) is 0 Å². The number of likely N-dealkylation sites (tertiary alicyclic amines) is 1. The van der Waals surface area contributed by atoms with Gasteiger partial charge in [-0.25, -0.2) is 4.39 Å². The topological polar surface area (TPSA) is 49.4 Å². The lowest BCUT2D eigenvalue weighted by molar-refractivity contribution is -0.133. The Morgan fingerprint density at radius 1 is 1.17 bits per heavy atom. The van der Waals surface area contributed by atoms with Crippen LogP contribution in [0.3, 0.4) is 0 Å². The van der Waals surface area contributed by atoms with E-state index in [1.165, 1.54) is 18.6 Å². The summed E-state index contributed by atoms with van der Waals surface area (Å²) in [4.78, 5) is 26.1. The Balaban J connectivity index is 1.83. The van der Waals surface area contributed by atoms with Crippen molar-refractivity contribution in [1.29, 1.82) is 0 Å². The molecule has 0 bridgehead atoms. The largest absolute Gasteiger partial charge is 0.347 e. The molecule has 1 fully saturated rings. The fourth-order valence-electron chi connectivity index (χ4n) is 3.20. The van der Waals surface area contributed by atoms with Crippen molar-refractivity contribution >= 4 is 11.8 Å². The van der Waals surface area contributed by atoms with Crippen LogP contribution in [-0.2, 0) is 9.59 Å². The summed E-state index contributed by atoms with van der Waals surface area (Å²) in [5.41, 5.74) is 0.968. The molecule has 0 radical (unpaired) electrons. The molecule has 1 aromatic rings. The van der Waals surface area contributed by atoms with Crippen LogP contribution >= 0.6 is 0 Å². The lowest BCUT2D eigenvalue weighted by atomic mass is 9.91. The molecule has 132 valence electrons. The Labute approximate surface area is 143 Å². The maximum Gasteiger partial charge on any atom is 0.241 e. The second kappa shape index (κ2) is 9.40. The second-order valence-corrected chi connectivity index (χ2v) is 6.46. The molecule has 1 saturated heterocycles. The zero-order valence-electron chi connectivity index (χ0n) is 14.4. The number of piperidine rings is 1. The average molecular weight is 334 g/mol. The maximum atomic E-state index is 13.1. The minimum atomic E-state index is -0.273. The molecule has 2 rings (SSSR count). The molecule has 24 heavy (non-hydrogen) atoms. The summed E-state index contributed by atoms with van der Waals surface area (Å²) < 4.78 is 13.1. The zero-order chi connectivity index (χ0) is 17.4. The number of hydrogen-bond donors (Lipinski definition) is 1. The number of benzene rings is 1. The van der Waals surface area contributed by atoms with E-state index in [1.807, 2.05) is 4.90 Å². The van der Waals surface area contributed by atoms with Gasteiger partial charge < -0.3 is 10.2 Å². The number of nitrogens with one attached hydrogen (secondary N) is 1. The summed E-state index contributed by atoms with van der Waals surface area (Å²) in [6.07, 6.45) is 5.39. The van der Waals surface area contributed by atoms with Crippen molar-refractivity contribution in [3.8, 4) is 0 Å². The molecule has 4 nitrogen and oxygen atoms in total. The number of nitrogens with zero attached hydrogens (tertiary/aromatic N) is 1. The molecule has 5 heteroatoms. The summed E-state index contributed by atoms with van der Waals surface area (Å²) in [6, 6.07) is 6.33. The van der Waals surface area contributed by atoms with Crippen molar-refractivity contribution in [2.75, 3.05) is 19.6 Å². The van der Waals surface area contributed by atoms with Gasteiger partial charge in [-0.3, -0.25) is 9.59 Å². The van der Waals surface area contributed by atoms with Crippen LogP contribution in [0.4, 0.5) is 4.39 Å². The van der Waals surface area contributed by atoms with Crippen molar-refractivity contribution in [2.45, 2.75) is 51.4 Å². The Morgan fingerprint density at radius 2 is 1.83 bits per heavy atom. The first kappa shape index (κ1) is 18.4. The third kappa shape index (κ3) is 5.62. The van der Waals surface area contributed by atoms with E-state index in [2.05, 4.69) is 12.2 Å². The standard InChI is InChI=1S/C19H27FN2O2/c1-2-6-16(15-7-9-17(20)10-8-15)13-18(23)21-14-19(24)22-11-4-3-5-12-22/h7-10,16H,2-6,11-14H2,1H3,(H,21,23). The van der Waals surface area contributed by atoms with Crippen molar-refractivity contribution in [3.63, 3.8) is 0 Å². The van der Waals surface area contributed by atoms with Crippen LogP contribution in [0, 0.1) is 5.82 Å². The van der Waals surface area contributed by atoms with E-state index in [1.54, 1.807) is 12.1 Å². The van der Waals surface area contributed by atoms with Gasteiger partial charge in [-0.2, -0.15) is 0 Å². The second-order valence-electron chi connectivity index (χ2n) is 6.46. The predicted molar refractivity (Wildman–Crippen MR) is 92.1 cm³/mol.